The second-order valence-electron chi connectivity index (χ2n) is 3.65. The van der Waals surface area contributed by atoms with E-state index in [2.05, 4.69) is 29.2 Å². The van der Waals surface area contributed by atoms with Crippen LogP contribution in [0.3, 0.4) is 0 Å². The fourth-order valence-electron chi connectivity index (χ4n) is 1.66. The lowest BCUT2D eigenvalue weighted by atomic mass is 10.2. The van der Waals surface area contributed by atoms with Crippen LogP contribution in [-0.2, 0) is 12.8 Å². The van der Waals surface area contributed by atoms with Crippen LogP contribution in [0, 0.1) is 11.3 Å². The van der Waals surface area contributed by atoms with E-state index in [-0.39, 0.29) is 0 Å². The van der Waals surface area contributed by atoms with Gasteiger partial charge >= 0.3 is 0 Å². The van der Waals surface area contributed by atoms with Crippen LogP contribution in [0.25, 0.3) is 0 Å². The molecule has 16 heavy (non-hydrogen) atoms. The second-order valence-corrected chi connectivity index (χ2v) is 3.65. The molecule has 3 rings (SSSR count). The molecule has 2 bridgehead atoms. The molecule has 0 saturated carbocycles. The van der Waals surface area contributed by atoms with Crippen LogP contribution in [-0.4, -0.2) is 4.98 Å². The Morgan fingerprint density at radius 1 is 1.00 bits per heavy atom. The zero-order chi connectivity index (χ0) is 11.2. The molecule has 0 saturated heterocycles. The molecule has 1 aromatic carbocycles. The van der Waals surface area contributed by atoms with Crippen LogP contribution in [0.5, 0.6) is 0 Å². The van der Waals surface area contributed by atoms with Crippen molar-refractivity contribution in [2.75, 3.05) is 0 Å². The number of nitriles is 1. The first-order chi connectivity index (χ1) is 7.88. The maximum Gasteiger partial charge on any atom is 0.140 e. The molecule has 1 aliphatic rings. The van der Waals surface area contributed by atoms with E-state index in [1.807, 2.05) is 6.07 Å². The van der Waals surface area contributed by atoms with E-state index >= 15 is 0 Å². The normalized spacial score (nSPS) is 11.2. The highest BCUT2D eigenvalue weighted by Crippen LogP contribution is 2.15. The topological polar surface area (TPSA) is 36.7 Å². The van der Waals surface area contributed by atoms with Gasteiger partial charge in [0.1, 0.15) is 11.8 Å². The quantitative estimate of drug-likeness (QED) is 0.667. The van der Waals surface area contributed by atoms with E-state index < -0.39 is 0 Å². The third kappa shape index (κ3) is 2.68. The van der Waals surface area contributed by atoms with Gasteiger partial charge in [-0.25, -0.2) is 4.98 Å². The van der Waals surface area contributed by atoms with Crippen LogP contribution < -0.4 is 0 Å². The average Bonchev–Trinajstić information content (AvgIpc) is 2.70. The van der Waals surface area contributed by atoms with Gasteiger partial charge in [0.25, 0.3) is 0 Å². The number of rotatable bonds is 0. The molecule has 0 aliphatic heterocycles. The molecule has 1 heterocycles. The molecule has 2 nitrogen and oxygen atoms in total. The molecule has 1 aromatic heterocycles. The third-order valence-electron chi connectivity index (χ3n) is 2.47. The molecule has 0 N–H and O–H groups in total. The molecule has 0 fully saturated rings. The van der Waals surface area contributed by atoms with E-state index in [9.17, 15) is 0 Å². The maximum absolute atomic E-state index is 8.23. The average molecular weight is 208 g/mol. The van der Waals surface area contributed by atoms with Gasteiger partial charge < -0.3 is 0 Å². The summed E-state index contributed by atoms with van der Waals surface area (Å²) in [4.78, 5) is 3.74. The minimum absolute atomic E-state index is 0.465. The number of aromatic nitrogens is 1. The van der Waals surface area contributed by atoms with Crippen LogP contribution in [0.4, 0.5) is 0 Å². The van der Waals surface area contributed by atoms with Gasteiger partial charge in [-0.3, -0.25) is 0 Å². The zero-order valence-electron chi connectivity index (χ0n) is 8.93. The highest BCUT2D eigenvalue weighted by molar-refractivity contribution is 5.29. The summed E-state index contributed by atoms with van der Waals surface area (Å²) in [5.41, 5.74) is 3.47. The highest BCUT2D eigenvalue weighted by Gasteiger charge is 2.02. The van der Waals surface area contributed by atoms with Gasteiger partial charge in [-0.1, -0.05) is 30.3 Å². The second kappa shape index (κ2) is 5.09. The highest BCUT2D eigenvalue weighted by atomic mass is 14.7. The number of benzene rings is 1. The Balaban J connectivity index is 0.000000120. The van der Waals surface area contributed by atoms with Crippen molar-refractivity contribution in [2.45, 2.75) is 12.8 Å². The molecule has 0 amide bonds. The Morgan fingerprint density at radius 3 is 2.19 bits per heavy atom. The Bertz CT molecular complexity index is 478. The number of aryl methyl sites for hydroxylation is 2. The summed E-state index contributed by atoms with van der Waals surface area (Å²) in [5.74, 6) is 0. The van der Waals surface area contributed by atoms with E-state index in [0.29, 0.717) is 5.69 Å². The maximum atomic E-state index is 8.23. The molecule has 0 unspecified atom stereocenters. The van der Waals surface area contributed by atoms with Crippen molar-refractivity contribution in [1.29, 1.82) is 5.26 Å². The lowest BCUT2D eigenvalue weighted by molar-refractivity contribution is 1.03. The van der Waals surface area contributed by atoms with Crippen LogP contribution in [0.15, 0.2) is 48.7 Å². The Labute approximate surface area is 95.2 Å². The van der Waals surface area contributed by atoms with Crippen molar-refractivity contribution >= 4 is 0 Å². The molecule has 1 aliphatic carbocycles. The van der Waals surface area contributed by atoms with E-state index in [1.165, 1.54) is 24.0 Å². The Morgan fingerprint density at radius 2 is 1.75 bits per heavy atom. The first-order valence-electron chi connectivity index (χ1n) is 5.27. The van der Waals surface area contributed by atoms with E-state index in [0.717, 1.165) is 0 Å². The number of hydrogen-bond donors (Lipinski definition) is 0. The van der Waals surface area contributed by atoms with Crippen molar-refractivity contribution in [3.05, 3.63) is 65.5 Å². The number of fused-ring (bicyclic) bond motifs is 2. The first-order valence-corrected chi connectivity index (χ1v) is 5.27. The fraction of sp³-hybridized carbons (Fsp3) is 0.143. The summed E-state index contributed by atoms with van der Waals surface area (Å²) in [6.07, 6.45) is 4.13. The summed E-state index contributed by atoms with van der Waals surface area (Å²) < 4.78 is 0. The smallest absolute Gasteiger partial charge is 0.140 e. The molecule has 0 radical (unpaired) electrons. The van der Waals surface area contributed by atoms with Crippen LogP contribution in [0.2, 0.25) is 0 Å². The SMILES string of the molecule is N#Cc1ccccn1.c1cc2cc(c1)CC2. The summed E-state index contributed by atoms with van der Waals surface area (Å²) in [7, 11) is 0. The summed E-state index contributed by atoms with van der Waals surface area (Å²) in [5, 5.41) is 8.23. The summed E-state index contributed by atoms with van der Waals surface area (Å²) >= 11 is 0. The van der Waals surface area contributed by atoms with Crippen LogP contribution in [0.1, 0.15) is 16.8 Å². The van der Waals surface area contributed by atoms with Gasteiger partial charge in [0.2, 0.25) is 0 Å². The largest absolute Gasteiger partial charge is 0.246 e. The van der Waals surface area contributed by atoms with Gasteiger partial charge in [0.05, 0.1) is 0 Å². The molecule has 2 heteroatoms. The molecule has 78 valence electrons. The van der Waals surface area contributed by atoms with Crippen LogP contribution >= 0.6 is 0 Å². The molecule has 0 spiro atoms. The van der Waals surface area contributed by atoms with Crippen molar-refractivity contribution in [3.63, 3.8) is 0 Å². The summed E-state index contributed by atoms with van der Waals surface area (Å²) in [6, 6.07) is 15.9. The van der Waals surface area contributed by atoms with E-state index in [4.69, 9.17) is 5.26 Å². The predicted octanol–water partition coefficient (Wildman–Crippen LogP) is 2.74. The monoisotopic (exact) mass is 208 g/mol. The Kier molecular flexibility index (Phi) is 3.30. The van der Waals surface area contributed by atoms with E-state index in [1.54, 1.807) is 24.4 Å². The van der Waals surface area contributed by atoms with Gasteiger partial charge in [-0.2, -0.15) is 5.26 Å². The minimum atomic E-state index is 0.465. The van der Waals surface area contributed by atoms with Gasteiger partial charge in [-0.15, -0.1) is 0 Å². The lowest BCUT2D eigenvalue weighted by Crippen LogP contribution is -1.75. The van der Waals surface area contributed by atoms with Crippen molar-refractivity contribution in [1.82, 2.24) is 4.98 Å². The van der Waals surface area contributed by atoms with Crippen molar-refractivity contribution in [2.24, 2.45) is 0 Å². The van der Waals surface area contributed by atoms with Gasteiger partial charge in [0.15, 0.2) is 0 Å². The third-order valence-corrected chi connectivity index (χ3v) is 2.47. The summed E-state index contributed by atoms with van der Waals surface area (Å²) in [6.45, 7) is 0. The number of pyridine rings is 1. The van der Waals surface area contributed by atoms with Crippen molar-refractivity contribution in [3.8, 4) is 6.07 Å². The molecular formula is C14H12N2. The molecule has 2 aromatic rings. The molecular weight excluding hydrogens is 196 g/mol. The van der Waals surface area contributed by atoms with Gasteiger partial charge in [-0.05, 0) is 36.1 Å². The number of hydrogen-bond acceptors (Lipinski definition) is 2. The first kappa shape index (κ1) is 10.4. The lowest BCUT2D eigenvalue weighted by Gasteiger charge is -1.82. The molecule has 0 atom stereocenters. The zero-order valence-corrected chi connectivity index (χ0v) is 8.93. The van der Waals surface area contributed by atoms with Crippen molar-refractivity contribution < 1.29 is 0 Å². The minimum Gasteiger partial charge on any atom is -0.246 e. The Hall–Kier alpha value is -2.14. The van der Waals surface area contributed by atoms with Gasteiger partial charge in [0, 0.05) is 6.20 Å². The standard InChI is InChI=1S/C8H8.C6H4N2/c1-2-7-4-5-8(3-1)6-7;7-5-6-3-1-2-4-8-6/h1-3,6H,4-5H2;1-4H. The predicted molar refractivity (Wildman–Crippen MR) is 62.8 cm³/mol. The fourth-order valence-corrected chi connectivity index (χ4v) is 1.66. The number of nitrogens with zero attached hydrogens (tertiary/aromatic N) is 2.